The molecule has 0 saturated heterocycles. The zero-order chi connectivity index (χ0) is 51.3. The monoisotopic (exact) mass is 1010 g/mol. The Bertz CT molecular complexity index is 1660. The fourth-order valence-electron chi connectivity index (χ4n) is 9.64. The van der Waals surface area contributed by atoms with E-state index in [9.17, 15) is 0 Å². The molecule has 0 amide bonds. The Balaban J connectivity index is 0.898. The second kappa shape index (κ2) is 43.2. The predicted molar refractivity (Wildman–Crippen MR) is 313 cm³/mol. The van der Waals surface area contributed by atoms with Gasteiger partial charge in [0.25, 0.3) is 0 Å². The van der Waals surface area contributed by atoms with Crippen LogP contribution in [0.2, 0.25) is 0 Å². The zero-order valence-electron chi connectivity index (χ0n) is 46.5. The molecule has 6 heteroatoms. The van der Waals surface area contributed by atoms with Gasteiger partial charge in [0.05, 0.1) is 26.4 Å². The van der Waals surface area contributed by atoms with Crippen molar-refractivity contribution in [3.8, 4) is 0 Å². The Morgan fingerprint density at radius 1 is 0.203 bits per heavy atom. The van der Waals surface area contributed by atoms with Gasteiger partial charge in [-0.15, -0.1) is 0 Å². The topological polar surface area (TPSA) is 61.0 Å². The first-order valence-electron chi connectivity index (χ1n) is 30.1. The molecule has 0 saturated carbocycles. The van der Waals surface area contributed by atoms with Gasteiger partial charge < -0.3 is 29.6 Å². The molecule has 7 heterocycles. The largest absolute Gasteiger partial charge is 0.377 e. The average molecular weight is 1010 g/mol. The van der Waals surface area contributed by atoms with Crippen molar-refractivity contribution in [3.63, 3.8) is 0 Å². The first kappa shape index (κ1) is 61.0. The third kappa shape index (κ3) is 31.9. The Morgan fingerprint density at radius 3 is 0.595 bits per heavy atom. The van der Waals surface area contributed by atoms with Gasteiger partial charge in [-0.25, -0.2) is 0 Å². The SMILES string of the molecule is C1=CCCCCCCCCOCc2ccc(cc2)CNCc2ccc(cc2)COCCCCCCCCC=CCCCCCCCCOCc2ccc(cc2)CNCc2ccc(cc2)COCCCCCCCC1. The zero-order valence-corrected chi connectivity index (χ0v) is 46.5. The molecule has 408 valence electrons. The lowest BCUT2D eigenvalue weighted by Crippen LogP contribution is -2.12. The minimum atomic E-state index is 0.703. The van der Waals surface area contributed by atoms with E-state index in [1.807, 2.05) is 0 Å². The summed E-state index contributed by atoms with van der Waals surface area (Å²) in [5.41, 5.74) is 10.2. The number of hydrogen-bond acceptors (Lipinski definition) is 6. The molecule has 4 aromatic carbocycles. The fourth-order valence-corrected chi connectivity index (χ4v) is 9.64. The van der Waals surface area contributed by atoms with E-state index in [1.54, 1.807) is 0 Å². The van der Waals surface area contributed by atoms with E-state index < -0.39 is 0 Å². The van der Waals surface area contributed by atoms with Crippen LogP contribution in [0.15, 0.2) is 121 Å². The summed E-state index contributed by atoms with van der Waals surface area (Å²) in [6, 6.07) is 35.6. The standard InChI is InChI=1S/C68H102N2O4/c1-2-6-10-14-18-22-26-30-50-72-58-66-43-35-62(36-44-66)54-70-56-64-39-47-68(48-40-64)60-74-52-32-28-24-20-16-12-8-4-3-7-11-15-19-23-27-31-51-73-59-67-45-37-63(38-46-67)55-69-53-61-33-41-65(42-34-61)57-71-49-29-25-21-17-13-9-5-1/h1-4,33-48,69-70H,5-32,49-60H2. The van der Waals surface area contributed by atoms with Crippen LogP contribution in [0.1, 0.15) is 224 Å². The van der Waals surface area contributed by atoms with Gasteiger partial charge in [0.15, 0.2) is 0 Å². The third-order valence-corrected chi connectivity index (χ3v) is 14.5. The van der Waals surface area contributed by atoms with Crippen molar-refractivity contribution in [2.24, 2.45) is 0 Å². The maximum absolute atomic E-state index is 6.02. The molecule has 8 bridgehead atoms. The van der Waals surface area contributed by atoms with Crippen LogP contribution in [0, 0.1) is 0 Å². The molecular weight excluding hydrogens is 909 g/mol. The molecule has 11 rings (SSSR count). The molecule has 0 spiro atoms. The van der Waals surface area contributed by atoms with Gasteiger partial charge in [0.2, 0.25) is 0 Å². The smallest absolute Gasteiger partial charge is 0.0716 e. The van der Waals surface area contributed by atoms with Crippen LogP contribution in [0.4, 0.5) is 0 Å². The lowest BCUT2D eigenvalue weighted by molar-refractivity contribution is 0.116. The average Bonchev–Trinajstić information content (AvgIpc) is 3.43. The number of hydrogen-bond donors (Lipinski definition) is 2. The fraction of sp³-hybridized carbons (Fsp3) is 0.588. The van der Waals surface area contributed by atoms with Gasteiger partial charge in [-0.3, -0.25) is 0 Å². The summed E-state index contributed by atoms with van der Waals surface area (Å²) in [4.78, 5) is 0. The predicted octanol–water partition coefficient (Wildman–Crippen LogP) is 18.1. The molecule has 7 aliphatic rings. The van der Waals surface area contributed by atoms with Crippen molar-refractivity contribution in [3.05, 3.63) is 166 Å². The summed E-state index contributed by atoms with van der Waals surface area (Å²) >= 11 is 0. The minimum absolute atomic E-state index is 0.703. The van der Waals surface area contributed by atoms with Crippen LogP contribution < -0.4 is 10.6 Å². The van der Waals surface area contributed by atoms with Crippen molar-refractivity contribution < 1.29 is 18.9 Å². The number of nitrogens with one attached hydrogen (secondary N) is 2. The van der Waals surface area contributed by atoms with Gasteiger partial charge in [-0.2, -0.15) is 0 Å². The molecular formula is C68H102N2O4. The normalized spacial score (nSPS) is 19.5. The molecule has 6 nitrogen and oxygen atoms in total. The molecule has 0 radical (unpaired) electrons. The first-order valence-corrected chi connectivity index (χ1v) is 30.1. The molecule has 0 atom stereocenters. The second-order valence-electron chi connectivity index (χ2n) is 21.3. The summed E-state index contributed by atoms with van der Waals surface area (Å²) in [6.07, 6.45) is 45.6. The molecule has 74 heavy (non-hydrogen) atoms. The highest BCUT2D eigenvalue weighted by atomic mass is 16.5. The maximum atomic E-state index is 6.02. The van der Waals surface area contributed by atoms with E-state index in [1.165, 1.54) is 199 Å². The van der Waals surface area contributed by atoms with E-state index in [-0.39, 0.29) is 0 Å². The van der Waals surface area contributed by atoms with Gasteiger partial charge in [0.1, 0.15) is 0 Å². The lowest BCUT2D eigenvalue weighted by Gasteiger charge is -2.09. The van der Waals surface area contributed by atoms with Crippen LogP contribution in [-0.4, -0.2) is 26.4 Å². The van der Waals surface area contributed by atoms with Gasteiger partial charge >= 0.3 is 0 Å². The number of allylic oxidation sites excluding steroid dienone is 4. The van der Waals surface area contributed by atoms with E-state index in [4.69, 9.17) is 18.9 Å². The second-order valence-corrected chi connectivity index (χ2v) is 21.3. The van der Waals surface area contributed by atoms with Crippen LogP contribution in [0.25, 0.3) is 0 Å². The van der Waals surface area contributed by atoms with Crippen LogP contribution in [0.3, 0.4) is 0 Å². The Kier molecular flexibility index (Phi) is 35.6. The molecule has 4 aromatic rings. The summed E-state index contributed by atoms with van der Waals surface area (Å²) in [5, 5.41) is 7.22. The van der Waals surface area contributed by atoms with E-state index in [0.29, 0.717) is 26.4 Å². The lowest BCUT2D eigenvalue weighted by atomic mass is 10.1. The Labute approximate surface area is 452 Å². The maximum Gasteiger partial charge on any atom is 0.0716 e. The molecule has 0 aromatic heterocycles. The van der Waals surface area contributed by atoms with Gasteiger partial charge in [0, 0.05) is 52.6 Å². The van der Waals surface area contributed by atoms with Crippen molar-refractivity contribution in [1.29, 1.82) is 0 Å². The third-order valence-electron chi connectivity index (χ3n) is 14.5. The highest BCUT2D eigenvalue weighted by molar-refractivity contribution is 5.25. The highest BCUT2D eigenvalue weighted by Crippen LogP contribution is 2.16. The van der Waals surface area contributed by atoms with Crippen LogP contribution in [0.5, 0.6) is 0 Å². The van der Waals surface area contributed by atoms with Crippen molar-refractivity contribution in [1.82, 2.24) is 10.6 Å². The van der Waals surface area contributed by atoms with E-state index in [0.717, 1.165) is 78.3 Å². The van der Waals surface area contributed by atoms with Crippen molar-refractivity contribution in [2.45, 2.75) is 232 Å². The highest BCUT2D eigenvalue weighted by Gasteiger charge is 2.03. The van der Waals surface area contributed by atoms with Crippen LogP contribution in [-0.2, 0) is 71.6 Å². The molecule has 7 aliphatic heterocycles. The quantitative estimate of drug-likeness (QED) is 0.171. The molecule has 0 fully saturated rings. The summed E-state index contributed by atoms with van der Waals surface area (Å²) in [7, 11) is 0. The minimum Gasteiger partial charge on any atom is -0.377 e. The molecule has 0 aliphatic carbocycles. The number of benzene rings is 4. The summed E-state index contributed by atoms with van der Waals surface area (Å²) < 4.78 is 24.1. The first-order chi connectivity index (χ1) is 36.8. The van der Waals surface area contributed by atoms with Crippen LogP contribution >= 0.6 is 0 Å². The Morgan fingerprint density at radius 2 is 0.378 bits per heavy atom. The molecule has 2 N–H and O–H groups in total. The number of rotatable bonds is 0. The summed E-state index contributed by atoms with van der Waals surface area (Å²) in [5.74, 6) is 0. The van der Waals surface area contributed by atoms with Gasteiger partial charge in [-0.1, -0.05) is 224 Å². The summed E-state index contributed by atoms with van der Waals surface area (Å²) in [6.45, 7) is 9.68. The number of ether oxygens (including phenoxy) is 4. The van der Waals surface area contributed by atoms with E-state index in [2.05, 4.69) is 132 Å². The Hall–Kier alpha value is -3.88. The van der Waals surface area contributed by atoms with Gasteiger partial charge in [-0.05, 0) is 122 Å². The van der Waals surface area contributed by atoms with E-state index >= 15 is 0 Å². The van der Waals surface area contributed by atoms with Crippen molar-refractivity contribution in [2.75, 3.05) is 26.4 Å². The molecule has 0 unspecified atom stereocenters. The van der Waals surface area contributed by atoms with Crippen molar-refractivity contribution >= 4 is 0 Å².